The summed E-state index contributed by atoms with van der Waals surface area (Å²) in [6, 6.07) is 3.67. The van der Waals surface area contributed by atoms with Crippen molar-refractivity contribution in [2.75, 3.05) is 37.9 Å². The third-order valence-corrected chi connectivity index (χ3v) is 5.36. The third kappa shape index (κ3) is 6.92. The smallest absolute Gasteiger partial charge is 0.306 e. The molecule has 1 aliphatic heterocycles. The number of halogens is 1. The van der Waals surface area contributed by atoms with Gasteiger partial charge in [0.25, 0.3) is 0 Å². The molecule has 0 spiro atoms. The average molecular weight is 469 g/mol. The van der Waals surface area contributed by atoms with E-state index in [0.29, 0.717) is 25.7 Å². The Hall–Kier alpha value is -2.66. The van der Waals surface area contributed by atoms with E-state index in [9.17, 15) is 12.8 Å². The number of piperidine rings is 1. The molecule has 1 saturated heterocycles. The van der Waals surface area contributed by atoms with Crippen molar-refractivity contribution in [2.45, 2.75) is 39.3 Å². The van der Waals surface area contributed by atoms with Crippen LogP contribution in [0.4, 0.5) is 10.3 Å². The van der Waals surface area contributed by atoms with Gasteiger partial charge in [0, 0.05) is 25.7 Å². The number of aromatic nitrogens is 2. The minimum absolute atomic E-state index is 0.0741. The van der Waals surface area contributed by atoms with Crippen LogP contribution in [-0.2, 0) is 16.7 Å². The van der Waals surface area contributed by atoms with E-state index in [-0.39, 0.29) is 23.3 Å². The van der Waals surface area contributed by atoms with Gasteiger partial charge in [0.1, 0.15) is 0 Å². The number of hydrogen-bond acceptors (Lipinski definition) is 9. The molecule has 0 amide bonds. The summed E-state index contributed by atoms with van der Waals surface area (Å²) in [4.78, 5) is 10.5. The molecule has 0 atom stereocenters. The van der Waals surface area contributed by atoms with Crippen LogP contribution in [0.1, 0.15) is 32.3 Å². The molecular formula is C21H29FN4O5S. The molecule has 1 fully saturated rings. The minimum atomic E-state index is -3.61. The summed E-state index contributed by atoms with van der Waals surface area (Å²) in [6.45, 7) is 6.76. The lowest BCUT2D eigenvalue weighted by atomic mass is 10.0. The lowest BCUT2D eigenvalue weighted by molar-refractivity contribution is 0.210. The predicted octanol–water partition coefficient (Wildman–Crippen LogP) is 2.83. The average Bonchev–Trinajstić information content (AvgIpc) is 2.73. The molecule has 9 nitrogen and oxygen atoms in total. The second-order valence-electron chi connectivity index (χ2n) is 7.50. The Morgan fingerprint density at radius 2 is 1.66 bits per heavy atom. The van der Waals surface area contributed by atoms with E-state index >= 15 is 0 Å². The maximum absolute atomic E-state index is 14.4. The summed E-state index contributed by atoms with van der Waals surface area (Å²) in [6.07, 6.45) is 5.37. The van der Waals surface area contributed by atoms with Crippen LogP contribution in [0, 0.1) is 5.82 Å². The highest BCUT2D eigenvalue weighted by Crippen LogP contribution is 2.30. The van der Waals surface area contributed by atoms with Gasteiger partial charge in [-0.1, -0.05) is 0 Å². The van der Waals surface area contributed by atoms with Gasteiger partial charge >= 0.3 is 10.1 Å². The van der Waals surface area contributed by atoms with Crippen LogP contribution in [0.3, 0.4) is 0 Å². The van der Waals surface area contributed by atoms with Crippen molar-refractivity contribution < 1.29 is 26.5 Å². The summed E-state index contributed by atoms with van der Waals surface area (Å²) in [5, 5.41) is 3.27. The molecule has 1 aromatic heterocycles. The van der Waals surface area contributed by atoms with Crippen molar-refractivity contribution in [3.63, 3.8) is 0 Å². The first-order valence-electron chi connectivity index (χ1n) is 10.6. The van der Waals surface area contributed by atoms with Crippen LogP contribution < -0.4 is 19.0 Å². The zero-order chi connectivity index (χ0) is 23.1. The second kappa shape index (κ2) is 10.8. The SMILES string of the molecule is CCOc1cc(CN2CCC(Nc3ncc(OS(C)(=O)=O)cn3)CC2)cc(OCC)c1F. The van der Waals surface area contributed by atoms with Gasteiger partial charge in [-0.2, -0.15) is 12.8 Å². The fourth-order valence-corrected chi connectivity index (χ4v) is 3.96. The van der Waals surface area contributed by atoms with Crippen LogP contribution in [0.15, 0.2) is 24.5 Å². The van der Waals surface area contributed by atoms with E-state index in [1.165, 1.54) is 12.4 Å². The zero-order valence-electron chi connectivity index (χ0n) is 18.5. The van der Waals surface area contributed by atoms with Gasteiger partial charge in [0.2, 0.25) is 11.8 Å². The standard InChI is InChI=1S/C21H29FN4O5S/c1-4-29-18-10-15(11-19(20(18)22)30-5-2)14-26-8-6-16(7-9-26)25-21-23-12-17(13-24-21)31-32(3,27)28/h10-13,16H,4-9,14H2,1-3H3,(H,23,24,25). The Balaban J connectivity index is 1.55. The van der Waals surface area contributed by atoms with Crippen LogP contribution in [0.2, 0.25) is 0 Å². The maximum atomic E-state index is 14.4. The number of anilines is 1. The number of likely N-dealkylation sites (tertiary alicyclic amines) is 1. The molecule has 0 radical (unpaired) electrons. The van der Waals surface area contributed by atoms with Crippen molar-refractivity contribution >= 4 is 16.1 Å². The van der Waals surface area contributed by atoms with Crippen molar-refractivity contribution in [1.82, 2.24) is 14.9 Å². The number of benzene rings is 1. The van der Waals surface area contributed by atoms with Crippen LogP contribution >= 0.6 is 0 Å². The quantitative estimate of drug-likeness (QED) is 0.527. The molecule has 0 bridgehead atoms. The molecule has 0 saturated carbocycles. The Kier molecular flexibility index (Phi) is 8.08. The van der Waals surface area contributed by atoms with Crippen molar-refractivity contribution in [1.29, 1.82) is 0 Å². The van der Waals surface area contributed by atoms with E-state index in [1.807, 2.05) is 13.8 Å². The molecule has 176 valence electrons. The first kappa shape index (κ1) is 24.0. The lowest BCUT2D eigenvalue weighted by Gasteiger charge is -2.32. The van der Waals surface area contributed by atoms with E-state index in [4.69, 9.17) is 13.7 Å². The van der Waals surface area contributed by atoms with E-state index in [2.05, 4.69) is 20.2 Å². The van der Waals surface area contributed by atoms with E-state index in [0.717, 1.165) is 37.8 Å². The topological polar surface area (TPSA) is 103 Å². The number of rotatable bonds is 10. The van der Waals surface area contributed by atoms with Gasteiger partial charge in [-0.05, 0) is 44.4 Å². The Morgan fingerprint density at radius 3 is 2.16 bits per heavy atom. The van der Waals surface area contributed by atoms with E-state index < -0.39 is 15.9 Å². The molecule has 3 rings (SSSR count). The first-order valence-corrected chi connectivity index (χ1v) is 12.4. The molecule has 1 aliphatic rings. The van der Waals surface area contributed by atoms with E-state index in [1.54, 1.807) is 12.1 Å². The van der Waals surface area contributed by atoms with Crippen molar-refractivity contribution in [3.05, 3.63) is 35.9 Å². The van der Waals surface area contributed by atoms with Gasteiger partial charge in [0.05, 0.1) is 31.9 Å². The summed E-state index contributed by atoms with van der Waals surface area (Å²) in [7, 11) is -3.61. The third-order valence-electron chi connectivity index (χ3n) is 4.87. The molecule has 32 heavy (non-hydrogen) atoms. The van der Waals surface area contributed by atoms with Gasteiger partial charge in [0.15, 0.2) is 17.2 Å². The highest BCUT2D eigenvalue weighted by atomic mass is 32.2. The fraction of sp³-hybridized carbons (Fsp3) is 0.524. The van der Waals surface area contributed by atoms with Gasteiger partial charge in [-0.3, -0.25) is 4.90 Å². The summed E-state index contributed by atoms with van der Waals surface area (Å²) in [5.74, 6) is 0.458. The van der Waals surface area contributed by atoms with Crippen LogP contribution in [0.5, 0.6) is 17.2 Å². The molecule has 1 aromatic carbocycles. The molecule has 11 heteroatoms. The molecule has 2 heterocycles. The molecule has 0 unspecified atom stereocenters. The lowest BCUT2D eigenvalue weighted by Crippen LogP contribution is -2.39. The minimum Gasteiger partial charge on any atom is -0.491 e. The number of nitrogens with one attached hydrogen (secondary N) is 1. The summed E-state index contributed by atoms with van der Waals surface area (Å²) < 4.78 is 52.4. The molecule has 1 N–H and O–H groups in total. The highest BCUT2D eigenvalue weighted by Gasteiger charge is 2.21. The number of ether oxygens (including phenoxy) is 2. The predicted molar refractivity (Wildman–Crippen MR) is 118 cm³/mol. The van der Waals surface area contributed by atoms with Gasteiger partial charge in [-0.25, -0.2) is 9.97 Å². The van der Waals surface area contributed by atoms with Crippen molar-refractivity contribution in [3.8, 4) is 17.2 Å². The van der Waals surface area contributed by atoms with Crippen molar-refractivity contribution in [2.24, 2.45) is 0 Å². The fourth-order valence-electron chi connectivity index (χ4n) is 3.52. The Bertz CT molecular complexity index is 969. The monoisotopic (exact) mass is 468 g/mol. The normalized spacial score (nSPS) is 15.4. The molecule has 0 aliphatic carbocycles. The van der Waals surface area contributed by atoms with Gasteiger partial charge < -0.3 is 19.0 Å². The molecule has 2 aromatic rings. The largest absolute Gasteiger partial charge is 0.491 e. The first-order chi connectivity index (χ1) is 15.3. The summed E-state index contributed by atoms with van der Waals surface area (Å²) >= 11 is 0. The zero-order valence-corrected chi connectivity index (χ0v) is 19.3. The van der Waals surface area contributed by atoms with Crippen LogP contribution in [-0.4, -0.2) is 61.9 Å². The number of hydrogen-bond donors (Lipinski definition) is 1. The Labute approximate surface area is 188 Å². The highest BCUT2D eigenvalue weighted by molar-refractivity contribution is 7.86. The van der Waals surface area contributed by atoms with Crippen LogP contribution in [0.25, 0.3) is 0 Å². The Morgan fingerprint density at radius 1 is 1.09 bits per heavy atom. The molecular weight excluding hydrogens is 439 g/mol. The second-order valence-corrected chi connectivity index (χ2v) is 9.07. The number of nitrogens with zero attached hydrogens (tertiary/aromatic N) is 3. The summed E-state index contributed by atoms with van der Waals surface area (Å²) in [5.41, 5.74) is 0.939. The maximum Gasteiger partial charge on any atom is 0.306 e. The van der Waals surface area contributed by atoms with Gasteiger partial charge in [-0.15, -0.1) is 0 Å².